The molecule has 9 nitrogen and oxygen atoms in total. The lowest BCUT2D eigenvalue weighted by molar-refractivity contribution is 0.0837. The number of benzene rings is 1. The molecule has 0 spiro atoms. The van der Waals surface area contributed by atoms with Crippen molar-refractivity contribution in [2.45, 2.75) is 24.3 Å². The smallest absolute Gasteiger partial charge is 0.269 e. The van der Waals surface area contributed by atoms with Crippen LogP contribution in [0.1, 0.15) is 23.1 Å². The first-order chi connectivity index (χ1) is 12.4. The highest BCUT2D eigenvalue weighted by molar-refractivity contribution is 7.90. The fourth-order valence-corrected chi connectivity index (χ4v) is 4.21. The Bertz CT molecular complexity index is 931. The molecule has 0 saturated heterocycles. The van der Waals surface area contributed by atoms with Gasteiger partial charge in [0.1, 0.15) is 4.90 Å². The first-order valence-electron chi connectivity index (χ1n) is 8.08. The standard InChI is InChI=1S/C16H20N4O5S.ClH/c1-10(17-2)8-14-18-15(25-19-14)11-4-5-12-13(9-11)26(22,23)20(16(12)21)6-7-24-3;/h4-5,9-10,17H,6-8H2,1-3H3;1H. The Morgan fingerprint density at radius 3 is 2.78 bits per heavy atom. The highest BCUT2D eigenvalue weighted by Crippen LogP contribution is 2.33. The molecule has 1 aromatic heterocycles. The number of fused-ring (bicyclic) bond motifs is 1. The summed E-state index contributed by atoms with van der Waals surface area (Å²) >= 11 is 0. The zero-order chi connectivity index (χ0) is 18.9. The second-order valence-corrected chi connectivity index (χ2v) is 7.83. The summed E-state index contributed by atoms with van der Waals surface area (Å²) in [5, 5.41) is 6.99. The van der Waals surface area contributed by atoms with Gasteiger partial charge in [0, 0.05) is 25.1 Å². The Balaban J connectivity index is 0.00000261. The van der Waals surface area contributed by atoms with Crippen molar-refractivity contribution in [3.63, 3.8) is 0 Å². The van der Waals surface area contributed by atoms with Gasteiger partial charge in [-0.15, -0.1) is 12.4 Å². The number of nitrogens with one attached hydrogen (secondary N) is 1. The van der Waals surface area contributed by atoms with E-state index in [2.05, 4.69) is 15.5 Å². The maximum absolute atomic E-state index is 12.6. The third-order valence-electron chi connectivity index (χ3n) is 4.20. The minimum absolute atomic E-state index is 0. The predicted octanol–water partition coefficient (Wildman–Crippen LogP) is 1.10. The van der Waals surface area contributed by atoms with Gasteiger partial charge >= 0.3 is 0 Å². The van der Waals surface area contributed by atoms with Crippen molar-refractivity contribution in [3.05, 3.63) is 29.6 Å². The van der Waals surface area contributed by atoms with E-state index < -0.39 is 15.9 Å². The largest absolute Gasteiger partial charge is 0.383 e. The predicted molar refractivity (Wildman–Crippen MR) is 99.3 cm³/mol. The number of carbonyl (C=O) groups is 1. The summed E-state index contributed by atoms with van der Waals surface area (Å²) in [6.45, 7) is 2.08. The number of sulfonamides is 1. The Hall–Kier alpha value is -2.01. The molecule has 2 heterocycles. The van der Waals surface area contributed by atoms with Crippen LogP contribution in [-0.4, -0.2) is 62.1 Å². The number of nitrogens with zero attached hydrogens (tertiary/aromatic N) is 3. The SMILES string of the molecule is CNC(C)Cc1noc(-c2ccc3c(c2)S(=O)(=O)N(CCOC)C3=O)n1.Cl. The van der Waals surface area contributed by atoms with Crippen LogP contribution >= 0.6 is 12.4 Å². The monoisotopic (exact) mass is 416 g/mol. The highest BCUT2D eigenvalue weighted by Gasteiger charge is 2.41. The molecule has 1 aromatic carbocycles. The fraction of sp³-hybridized carbons (Fsp3) is 0.438. The topological polar surface area (TPSA) is 115 Å². The van der Waals surface area contributed by atoms with Crippen LogP contribution in [0, 0.1) is 0 Å². The maximum Gasteiger partial charge on any atom is 0.269 e. The summed E-state index contributed by atoms with van der Waals surface area (Å²) in [4.78, 5) is 16.6. The van der Waals surface area contributed by atoms with Crippen LogP contribution < -0.4 is 5.32 Å². The molecular formula is C16H21ClN4O5S. The van der Waals surface area contributed by atoms with E-state index in [0.29, 0.717) is 17.8 Å². The molecule has 1 unspecified atom stereocenters. The van der Waals surface area contributed by atoms with Gasteiger partial charge in [0.15, 0.2) is 5.82 Å². The van der Waals surface area contributed by atoms with Gasteiger partial charge in [0.25, 0.3) is 21.8 Å². The number of hydrogen-bond acceptors (Lipinski definition) is 8. The molecule has 1 N–H and O–H groups in total. The van der Waals surface area contributed by atoms with E-state index in [-0.39, 0.29) is 48.0 Å². The van der Waals surface area contributed by atoms with Gasteiger partial charge in [-0.1, -0.05) is 5.16 Å². The van der Waals surface area contributed by atoms with Crippen LogP contribution in [0.5, 0.6) is 0 Å². The lowest BCUT2D eigenvalue weighted by Gasteiger charge is -2.13. The van der Waals surface area contributed by atoms with Crippen LogP contribution in [0.2, 0.25) is 0 Å². The second-order valence-electron chi connectivity index (χ2n) is 6.00. The normalized spacial score (nSPS) is 16.1. The van der Waals surface area contributed by atoms with Crippen LogP contribution in [0.4, 0.5) is 0 Å². The van der Waals surface area contributed by atoms with E-state index >= 15 is 0 Å². The van der Waals surface area contributed by atoms with Crippen LogP contribution in [0.3, 0.4) is 0 Å². The minimum Gasteiger partial charge on any atom is -0.383 e. The lowest BCUT2D eigenvalue weighted by atomic mass is 10.1. The number of rotatable bonds is 7. The molecule has 0 aliphatic carbocycles. The Kier molecular flexibility index (Phi) is 6.58. The Morgan fingerprint density at radius 1 is 1.37 bits per heavy atom. The molecule has 148 valence electrons. The number of methoxy groups -OCH3 is 1. The molecule has 1 amide bonds. The first-order valence-corrected chi connectivity index (χ1v) is 9.52. The molecule has 1 aliphatic rings. The fourth-order valence-electron chi connectivity index (χ4n) is 2.63. The zero-order valence-electron chi connectivity index (χ0n) is 15.1. The zero-order valence-corrected chi connectivity index (χ0v) is 16.8. The summed E-state index contributed by atoms with van der Waals surface area (Å²) in [5.41, 5.74) is 0.581. The summed E-state index contributed by atoms with van der Waals surface area (Å²) in [5.74, 6) is 0.171. The Morgan fingerprint density at radius 2 is 2.11 bits per heavy atom. The van der Waals surface area contributed by atoms with Crippen molar-refractivity contribution < 1.29 is 22.5 Å². The van der Waals surface area contributed by atoms with E-state index in [1.807, 2.05) is 14.0 Å². The summed E-state index contributed by atoms with van der Waals surface area (Å²) < 4.78 is 36.2. The molecule has 1 aliphatic heterocycles. The van der Waals surface area contributed by atoms with Crippen LogP contribution in [0.15, 0.2) is 27.6 Å². The van der Waals surface area contributed by atoms with Crippen LogP contribution in [-0.2, 0) is 21.2 Å². The van der Waals surface area contributed by atoms with E-state index in [1.165, 1.54) is 19.2 Å². The maximum atomic E-state index is 12.6. The molecule has 0 bridgehead atoms. The second kappa shape index (κ2) is 8.34. The molecule has 1 atom stereocenters. The molecule has 0 saturated carbocycles. The number of amides is 1. The lowest BCUT2D eigenvalue weighted by Crippen LogP contribution is -2.32. The molecule has 11 heteroatoms. The molecule has 0 fully saturated rings. The number of ether oxygens (including phenoxy) is 1. The Labute approximate surface area is 163 Å². The van der Waals surface area contributed by atoms with Crippen molar-refractivity contribution in [1.29, 1.82) is 0 Å². The molecular weight excluding hydrogens is 396 g/mol. The van der Waals surface area contributed by atoms with Crippen LogP contribution in [0.25, 0.3) is 11.5 Å². The third-order valence-corrected chi connectivity index (χ3v) is 6.02. The van der Waals surface area contributed by atoms with E-state index in [1.54, 1.807) is 6.07 Å². The van der Waals surface area contributed by atoms with Gasteiger partial charge in [-0.2, -0.15) is 4.98 Å². The van der Waals surface area contributed by atoms with Crippen molar-refractivity contribution in [2.75, 3.05) is 27.3 Å². The summed E-state index contributed by atoms with van der Waals surface area (Å²) in [6, 6.07) is 4.64. The third kappa shape index (κ3) is 3.98. The van der Waals surface area contributed by atoms with Gasteiger partial charge in [0.05, 0.1) is 18.7 Å². The van der Waals surface area contributed by atoms with Crippen molar-refractivity contribution in [1.82, 2.24) is 19.8 Å². The van der Waals surface area contributed by atoms with Gasteiger partial charge in [0.2, 0.25) is 0 Å². The quantitative estimate of drug-likeness (QED) is 0.713. The summed E-state index contributed by atoms with van der Waals surface area (Å²) in [6.07, 6.45) is 0.576. The van der Waals surface area contributed by atoms with Crippen molar-refractivity contribution >= 4 is 28.3 Å². The highest BCUT2D eigenvalue weighted by atomic mass is 35.5. The van der Waals surface area contributed by atoms with Gasteiger partial charge < -0.3 is 14.6 Å². The molecule has 3 rings (SSSR count). The van der Waals surface area contributed by atoms with Gasteiger partial charge in [-0.3, -0.25) is 4.79 Å². The summed E-state index contributed by atoms with van der Waals surface area (Å²) in [7, 11) is -0.629. The van der Waals surface area contributed by atoms with Crippen molar-refractivity contribution in [2.24, 2.45) is 0 Å². The molecule has 27 heavy (non-hydrogen) atoms. The number of likely N-dealkylation sites (N-methyl/N-ethyl adjacent to an activating group) is 1. The molecule has 2 aromatic rings. The number of carbonyl (C=O) groups excluding carboxylic acids is 1. The minimum atomic E-state index is -3.91. The van der Waals surface area contributed by atoms with E-state index in [0.717, 1.165) is 4.31 Å². The van der Waals surface area contributed by atoms with Gasteiger partial charge in [-0.05, 0) is 32.2 Å². The molecule has 0 radical (unpaired) electrons. The van der Waals surface area contributed by atoms with Gasteiger partial charge in [-0.25, -0.2) is 12.7 Å². The number of halogens is 1. The average molecular weight is 417 g/mol. The first kappa shape index (κ1) is 21.3. The van der Waals surface area contributed by atoms with Crippen molar-refractivity contribution in [3.8, 4) is 11.5 Å². The van der Waals surface area contributed by atoms with E-state index in [4.69, 9.17) is 9.26 Å². The number of aromatic nitrogens is 2. The average Bonchev–Trinajstić information content (AvgIpc) is 3.15. The number of hydrogen-bond donors (Lipinski definition) is 1. The van der Waals surface area contributed by atoms with E-state index in [9.17, 15) is 13.2 Å².